The lowest BCUT2D eigenvalue weighted by molar-refractivity contribution is 0.0426. The summed E-state index contributed by atoms with van der Waals surface area (Å²) in [4.78, 5) is 2.42. The lowest BCUT2D eigenvalue weighted by Gasteiger charge is -2.43. The Kier molecular flexibility index (Phi) is 4.73. The van der Waals surface area contributed by atoms with Crippen molar-refractivity contribution in [1.29, 1.82) is 0 Å². The molecule has 0 amide bonds. The third kappa shape index (κ3) is 3.12. The molecule has 2 aromatic rings. The number of rotatable bonds is 6. The van der Waals surface area contributed by atoms with Gasteiger partial charge < -0.3 is 9.84 Å². The van der Waals surface area contributed by atoms with Gasteiger partial charge >= 0.3 is 0 Å². The van der Waals surface area contributed by atoms with Gasteiger partial charge in [0.2, 0.25) is 0 Å². The molecule has 0 unspecified atom stereocenters. The summed E-state index contributed by atoms with van der Waals surface area (Å²) in [5, 5.41) is 10.1. The highest BCUT2D eigenvalue weighted by Gasteiger charge is 2.51. The highest BCUT2D eigenvalue weighted by molar-refractivity contribution is 5.49. The van der Waals surface area contributed by atoms with Crippen LogP contribution in [0.25, 0.3) is 0 Å². The van der Waals surface area contributed by atoms with Crippen LogP contribution >= 0.6 is 0 Å². The second-order valence-corrected chi connectivity index (χ2v) is 7.58. The standard InChI is InChI=1S/C23H27NO2/c1-2-14-24-15-13-23(12-6-9-18-7-4-3-5-8-18)20-16-19(25)10-11-21(20)26-22(23)17-24/h2-5,7-8,10-11,16,22,25H,1,6,9,12-15,17H2/t22-,23-/m0/s1. The topological polar surface area (TPSA) is 32.7 Å². The molecule has 1 N–H and O–H groups in total. The largest absolute Gasteiger partial charge is 0.508 e. The second-order valence-electron chi connectivity index (χ2n) is 7.58. The Balaban J connectivity index is 1.56. The summed E-state index contributed by atoms with van der Waals surface area (Å²) in [6.07, 6.45) is 6.49. The smallest absolute Gasteiger partial charge is 0.124 e. The molecule has 2 atom stereocenters. The quantitative estimate of drug-likeness (QED) is 0.789. The van der Waals surface area contributed by atoms with E-state index in [1.165, 1.54) is 11.1 Å². The van der Waals surface area contributed by atoms with E-state index >= 15 is 0 Å². The van der Waals surface area contributed by atoms with Gasteiger partial charge in [-0.05, 0) is 56.0 Å². The van der Waals surface area contributed by atoms with Crippen molar-refractivity contribution in [3.8, 4) is 11.5 Å². The van der Waals surface area contributed by atoms with E-state index in [1.54, 1.807) is 6.07 Å². The Morgan fingerprint density at radius 3 is 2.88 bits per heavy atom. The van der Waals surface area contributed by atoms with Crippen LogP contribution in [0.5, 0.6) is 11.5 Å². The maximum Gasteiger partial charge on any atom is 0.124 e. The van der Waals surface area contributed by atoms with Gasteiger partial charge in [0, 0.05) is 24.1 Å². The lowest BCUT2D eigenvalue weighted by Crippen LogP contribution is -2.53. The number of phenolic OH excluding ortho intramolecular Hbond substituents is 1. The van der Waals surface area contributed by atoms with E-state index in [4.69, 9.17) is 4.74 Å². The SMILES string of the molecule is C=CCN1CC[C@@]2(CCCc3ccccc3)c3cc(O)ccc3O[C@H]2C1. The van der Waals surface area contributed by atoms with Crippen molar-refractivity contribution in [2.24, 2.45) is 0 Å². The maximum atomic E-state index is 10.1. The number of fused-ring (bicyclic) bond motifs is 3. The summed E-state index contributed by atoms with van der Waals surface area (Å²) in [5.74, 6) is 1.29. The molecule has 3 heteroatoms. The molecule has 2 aromatic carbocycles. The van der Waals surface area contributed by atoms with Crippen molar-refractivity contribution >= 4 is 0 Å². The average molecular weight is 349 g/mol. The van der Waals surface area contributed by atoms with E-state index in [2.05, 4.69) is 41.8 Å². The molecule has 0 spiro atoms. The number of benzene rings is 2. The van der Waals surface area contributed by atoms with Gasteiger partial charge in [0.05, 0.1) is 0 Å². The van der Waals surface area contributed by atoms with Crippen LogP contribution in [0.1, 0.15) is 30.4 Å². The molecule has 0 saturated carbocycles. The van der Waals surface area contributed by atoms with Crippen molar-refractivity contribution < 1.29 is 9.84 Å². The maximum absolute atomic E-state index is 10.1. The number of aryl methyl sites for hydroxylation is 1. The molecule has 0 aliphatic carbocycles. The van der Waals surface area contributed by atoms with Crippen molar-refractivity contribution in [2.45, 2.75) is 37.2 Å². The first kappa shape index (κ1) is 17.2. The molecule has 4 rings (SSSR count). The van der Waals surface area contributed by atoms with Gasteiger partial charge in [-0.25, -0.2) is 0 Å². The molecule has 26 heavy (non-hydrogen) atoms. The number of phenols is 1. The van der Waals surface area contributed by atoms with Gasteiger partial charge in [-0.1, -0.05) is 36.4 Å². The van der Waals surface area contributed by atoms with Crippen LogP contribution < -0.4 is 4.74 Å². The molecular weight excluding hydrogens is 322 g/mol. The summed E-state index contributed by atoms with van der Waals surface area (Å²) >= 11 is 0. The summed E-state index contributed by atoms with van der Waals surface area (Å²) in [7, 11) is 0. The number of aromatic hydroxyl groups is 1. The van der Waals surface area contributed by atoms with E-state index in [1.807, 2.05) is 18.2 Å². The number of likely N-dealkylation sites (tertiary alicyclic amines) is 1. The molecule has 1 fully saturated rings. The zero-order valence-corrected chi connectivity index (χ0v) is 15.2. The molecule has 2 heterocycles. The number of hydrogen-bond donors (Lipinski definition) is 1. The van der Waals surface area contributed by atoms with Crippen LogP contribution in [0.4, 0.5) is 0 Å². The van der Waals surface area contributed by atoms with Crippen molar-refractivity contribution in [3.63, 3.8) is 0 Å². The summed E-state index contributed by atoms with van der Waals surface area (Å²) < 4.78 is 6.36. The van der Waals surface area contributed by atoms with E-state index in [-0.39, 0.29) is 11.5 Å². The van der Waals surface area contributed by atoms with E-state index in [0.29, 0.717) is 5.75 Å². The summed E-state index contributed by atoms with van der Waals surface area (Å²) in [5.41, 5.74) is 2.61. The fourth-order valence-corrected chi connectivity index (χ4v) is 4.66. The molecule has 1 saturated heterocycles. The third-order valence-electron chi connectivity index (χ3n) is 6.00. The summed E-state index contributed by atoms with van der Waals surface area (Å²) in [6.45, 7) is 6.75. The van der Waals surface area contributed by atoms with E-state index in [0.717, 1.165) is 51.1 Å². The molecule has 2 aliphatic rings. The highest BCUT2D eigenvalue weighted by atomic mass is 16.5. The minimum Gasteiger partial charge on any atom is -0.508 e. The van der Waals surface area contributed by atoms with Crippen LogP contribution in [0.15, 0.2) is 61.2 Å². The fraction of sp³-hybridized carbons (Fsp3) is 0.391. The van der Waals surface area contributed by atoms with Gasteiger partial charge in [-0.3, -0.25) is 4.90 Å². The zero-order valence-electron chi connectivity index (χ0n) is 15.2. The lowest BCUT2D eigenvalue weighted by atomic mass is 9.68. The van der Waals surface area contributed by atoms with Crippen molar-refractivity contribution in [1.82, 2.24) is 4.90 Å². The number of ether oxygens (including phenoxy) is 1. The first-order valence-corrected chi connectivity index (χ1v) is 9.58. The first-order chi connectivity index (χ1) is 12.7. The Hall–Kier alpha value is -2.26. The fourth-order valence-electron chi connectivity index (χ4n) is 4.66. The Bertz CT molecular complexity index is 773. The van der Waals surface area contributed by atoms with E-state index < -0.39 is 0 Å². The Morgan fingerprint density at radius 1 is 1.23 bits per heavy atom. The normalized spacial score (nSPS) is 24.5. The predicted molar refractivity (Wildman–Crippen MR) is 105 cm³/mol. The number of hydrogen-bond acceptors (Lipinski definition) is 3. The van der Waals surface area contributed by atoms with Crippen molar-refractivity contribution in [3.05, 3.63) is 72.3 Å². The van der Waals surface area contributed by atoms with Gasteiger partial charge in [-0.15, -0.1) is 6.58 Å². The van der Waals surface area contributed by atoms with Crippen molar-refractivity contribution in [2.75, 3.05) is 19.6 Å². The molecule has 0 radical (unpaired) electrons. The first-order valence-electron chi connectivity index (χ1n) is 9.58. The predicted octanol–water partition coefficient (Wildman–Crippen LogP) is 4.31. The highest BCUT2D eigenvalue weighted by Crippen LogP contribution is 2.51. The zero-order chi connectivity index (χ0) is 18.0. The van der Waals surface area contributed by atoms with Gasteiger partial charge in [-0.2, -0.15) is 0 Å². The van der Waals surface area contributed by atoms with Gasteiger partial charge in [0.15, 0.2) is 0 Å². The van der Waals surface area contributed by atoms with E-state index in [9.17, 15) is 5.11 Å². The van der Waals surface area contributed by atoms with Crippen LogP contribution in [-0.2, 0) is 11.8 Å². The van der Waals surface area contributed by atoms with Crippen LogP contribution in [-0.4, -0.2) is 35.7 Å². The molecule has 2 aliphatic heterocycles. The molecule has 3 nitrogen and oxygen atoms in total. The summed E-state index contributed by atoms with van der Waals surface area (Å²) in [6, 6.07) is 16.3. The molecular formula is C23H27NO2. The molecule has 136 valence electrons. The second kappa shape index (κ2) is 7.16. The minimum absolute atomic E-state index is 0.0144. The number of piperidine rings is 1. The van der Waals surface area contributed by atoms with Gasteiger partial charge in [0.25, 0.3) is 0 Å². The Labute approximate surface area is 155 Å². The average Bonchev–Trinajstić information content (AvgIpc) is 2.96. The van der Waals surface area contributed by atoms with Crippen LogP contribution in [0.3, 0.4) is 0 Å². The van der Waals surface area contributed by atoms with Gasteiger partial charge in [0.1, 0.15) is 17.6 Å². The minimum atomic E-state index is 0.0144. The monoisotopic (exact) mass is 349 g/mol. The third-order valence-corrected chi connectivity index (χ3v) is 6.00. The molecule has 0 bridgehead atoms. The van der Waals surface area contributed by atoms with Crippen LogP contribution in [0, 0.1) is 0 Å². The number of nitrogens with zero attached hydrogens (tertiary/aromatic N) is 1. The van der Waals surface area contributed by atoms with Crippen LogP contribution in [0.2, 0.25) is 0 Å². The molecule has 0 aromatic heterocycles. The Morgan fingerprint density at radius 2 is 2.08 bits per heavy atom.